The van der Waals surface area contributed by atoms with Crippen LogP contribution in [0.3, 0.4) is 0 Å². The Morgan fingerprint density at radius 1 is 0.294 bits per heavy atom. The van der Waals surface area contributed by atoms with Crippen LogP contribution in [-0.4, -0.2) is 42.7 Å². The van der Waals surface area contributed by atoms with Crippen molar-refractivity contribution in [3.05, 3.63) is 143 Å². The van der Waals surface area contributed by atoms with Gasteiger partial charge in [-0.3, -0.25) is 0 Å². The molecule has 0 heterocycles. The van der Waals surface area contributed by atoms with E-state index < -0.39 is 0 Å². The molecule has 0 fully saturated rings. The topological polar surface area (TPSA) is 55.4 Å². The Morgan fingerprint density at radius 3 is 0.745 bits per heavy atom. The number of ether oxygens (including phenoxy) is 6. The normalized spacial score (nSPS) is 11.9. The van der Waals surface area contributed by atoms with E-state index in [0.29, 0.717) is 0 Å². The van der Waals surface area contributed by atoms with E-state index in [4.69, 9.17) is 28.4 Å². The Kier molecular flexibility index (Phi) is 9.58. The van der Waals surface area contributed by atoms with Crippen molar-refractivity contribution in [3.8, 4) is 67.9 Å². The summed E-state index contributed by atoms with van der Waals surface area (Å²) in [5, 5.41) is 0. The lowest BCUT2D eigenvalue weighted by Gasteiger charge is -2.18. The highest BCUT2D eigenvalue weighted by molar-refractivity contribution is 5.77. The van der Waals surface area contributed by atoms with Crippen molar-refractivity contribution in [2.75, 3.05) is 42.7 Å². The van der Waals surface area contributed by atoms with E-state index in [2.05, 4.69) is 72.8 Å². The molecule has 0 bridgehead atoms. The van der Waals surface area contributed by atoms with Crippen molar-refractivity contribution in [2.45, 2.75) is 19.3 Å². The minimum absolute atomic E-state index is 0.730. The Bertz CT molecular complexity index is 1920. The van der Waals surface area contributed by atoms with Gasteiger partial charge in [-0.2, -0.15) is 0 Å². The van der Waals surface area contributed by atoms with Crippen molar-refractivity contribution < 1.29 is 28.4 Å². The molecule has 7 rings (SSSR count). The minimum atomic E-state index is 0.730. The van der Waals surface area contributed by atoms with E-state index in [-0.39, 0.29) is 0 Å². The molecule has 1 aliphatic rings. The second-order valence-electron chi connectivity index (χ2n) is 12.7. The van der Waals surface area contributed by atoms with Crippen LogP contribution in [0.15, 0.2) is 109 Å². The standard InChI is InChI=1S/C45H42O6/c1-46-37-13-7-28(8-14-37)40-22-31-19-35-26-44(50-5)42(30-11-17-39(48-3)18-12-30)24-33(35)21-36-27-45(51-6)41(29-9-15-38(47-2)16-10-29)23-32(36)20-34(31)25-43(40)49-4/h7-18,22-27H,19-21H2,1-6H3. The largest absolute Gasteiger partial charge is 0.497 e. The van der Waals surface area contributed by atoms with Crippen molar-refractivity contribution in [3.63, 3.8) is 0 Å². The summed E-state index contributed by atoms with van der Waals surface area (Å²) in [6, 6.07) is 37.9. The first-order valence-corrected chi connectivity index (χ1v) is 17.0. The van der Waals surface area contributed by atoms with Crippen molar-refractivity contribution in [1.29, 1.82) is 0 Å². The summed E-state index contributed by atoms with van der Waals surface area (Å²) in [6.07, 6.45) is 2.19. The predicted octanol–water partition coefficient (Wildman–Crippen LogP) is 9.82. The number of fused-ring (bicyclic) bond motifs is 3. The third kappa shape index (κ3) is 6.70. The van der Waals surface area contributed by atoms with E-state index >= 15 is 0 Å². The lowest BCUT2D eigenvalue weighted by atomic mass is 9.89. The number of benzene rings is 6. The second kappa shape index (κ2) is 14.5. The fourth-order valence-electron chi connectivity index (χ4n) is 7.10. The van der Waals surface area contributed by atoms with Crippen LogP contribution in [0.1, 0.15) is 33.4 Å². The zero-order chi connectivity index (χ0) is 35.5. The van der Waals surface area contributed by atoms with Crippen LogP contribution in [0.4, 0.5) is 0 Å². The first kappa shape index (κ1) is 33.6. The number of rotatable bonds is 9. The second-order valence-corrected chi connectivity index (χ2v) is 12.7. The van der Waals surface area contributed by atoms with E-state index in [9.17, 15) is 0 Å². The van der Waals surface area contributed by atoms with Crippen molar-refractivity contribution in [2.24, 2.45) is 0 Å². The first-order chi connectivity index (χ1) is 24.9. The third-order valence-electron chi connectivity index (χ3n) is 9.91. The average Bonchev–Trinajstić information content (AvgIpc) is 3.24. The van der Waals surface area contributed by atoms with Crippen LogP contribution in [0.5, 0.6) is 34.5 Å². The van der Waals surface area contributed by atoms with Gasteiger partial charge in [0.15, 0.2) is 0 Å². The Hall–Kier alpha value is -5.88. The summed E-state index contributed by atoms with van der Waals surface area (Å²) in [7, 11) is 10.3. The van der Waals surface area contributed by atoms with E-state index in [1.807, 2.05) is 36.4 Å². The van der Waals surface area contributed by atoms with Crippen LogP contribution in [0.2, 0.25) is 0 Å². The quantitative estimate of drug-likeness (QED) is 0.152. The van der Waals surface area contributed by atoms with Gasteiger partial charge in [0, 0.05) is 16.7 Å². The summed E-state index contributed by atoms with van der Waals surface area (Å²) in [4.78, 5) is 0. The van der Waals surface area contributed by atoms with Gasteiger partial charge in [-0.05, 0) is 142 Å². The molecule has 0 spiro atoms. The molecule has 0 aliphatic heterocycles. The summed E-state index contributed by atoms with van der Waals surface area (Å²) in [6.45, 7) is 0. The maximum Gasteiger partial charge on any atom is 0.126 e. The molecular formula is C45H42O6. The smallest absolute Gasteiger partial charge is 0.126 e. The highest BCUT2D eigenvalue weighted by atomic mass is 16.5. The average molecular weight is 679 g/mol. The molecule has 258 valence electrons. The fraction of sp³-hybridized carbons (Fsp3) is 0.200. The van der Waals surface area contributed by atoms with E-state index in [1.54, 1.807) is 42.7 Å². The van der Waals surface area contributed by atoms with Gasteiger partial charge in [-0.1, -0.05) is 36.4 Å². The lowest BCUT2D eigenvalue weighted by Crippen LogP contribution is -2.02. The molecule has 51 heavy (non-hydrogen) atoms. The molecule has 0 radical (unpaired) electrons. The summed E-state index contributed by atoms with van der Waals surface area (Å²) in [5.74, 6) is 4.93. The van der Waals surface area contributed by atoms with Crippen LogP contribution < -0.4 is 28.4 Å². The van der Waals surface area contributed by atoms with Gasteiger partial charge in [-0.15, -0.1) is 0 Å². The lowest BCUT2D eigenvalue weighted by molar-refractivity contribution is 0.414. The maximum atomic E-state index is 6.06. The fourth-order valence-corrected chi connectivity index (χ4v) is 7.10. The summed E-state index contributed by atoms with van der Waals surface area (Å²) in [5.41, 5.74) is 13.6. The van der Waals surface area contributed by atoms with Gasteiger partial charge in [0.2, 0.25) is 0 Å². The van der Waals surface area contributed by atoms with Gasteiger partial charge >= 0.3 is 0 Å². The molecule has 6 aromatic rings. The molecule has 6 nitrogen and oxygen atoms in total. The van der Waals surface area contributed by atoms with E-state index in [1.165, 1.54) is 33.4 Å². The van der Waals surface area contributed by atoms with Gasteiger partial charge < -0.3 is 28.4 Å². The number of methoxy groups -OCH3 is 6. The van der Waals surface area contributed by atoms with Gasteiger partial charge in [-0.25, -0.2) is 0 Å². The number of hydrogen-bond donors (Lipinski definition) is 0. The summed E-state index contributed by atoms with van der Waals surface area (Å²) >= 11 is 0. The highest BCUT2D eigenvalue weighted by Gasteiger charge is 2.23. The maximum absolute atomic E-state index is 6.06. The highest BCUT2D eigenvalue weighted by Crippen LogP contribution is 2.42. The molecule has 0 saturated carbocycles. The molecule has 0 amide bonds. The van der Waals surface area contributed by atoms with Gasteiger partial charge in [0.25, 0.3) is 0 Å². The molecule has 6 aromatic carbocycles. The molecular weight excluding hydrogens is 636 g/mol. The van der Waals surface area contributed by atoms with Crippen molar-refractivity contribution in [1.82, 2.24) is 0 Å². The van der Waals surface area contributed by atoms with Crippen LogP contribution in [0, 0.1) is 0 Å². The van der Waals surface area contributed by atoms with Crippen LogP contribution >= 0.6 is 0 Å². The molecule has 0 unspecified atom stereocenters. The molecule has 0 saturated heterocycles. The summed E-state index contributed by atoms with van der Waals surface area (Å²) < 4.78 is 34.5. The molecule has 0 N–H and O–H groups in total. The van der Waals surface area contributed by atoms with Gasteiger partial charge in [0.05, 0.1) is 42.7 Å². The number of hydrogen-bond acceptors (Lipinski definition) is 6. The first-order valence-electron chi connectivity index (χ1n) is 17.0. The Morgan fingerprint density at radius 2 is 0.529 bits per heavy atom. The van der Waals surface area contributed by atoms with Crippen molar-refractivity contribution >= 4 is 0 Å². The molecule has 0 aromatic heterocycles. The zero-order valence-corrected chi connectivity index (χ0v) is 30.0. The van der Waals surface area contributed by atoms with E-state index in [0.717, 1.165) is 87.1 Å². The Balaban J connectivity index is 1.45. The minimum Gasteiger partial charge on any atom is -0.497 e. The van der Waals surface area contributed by atoms with Crippen LogP contribution in [-0.2, 0) is 19.3 Å². The zero-order valence-electron chi connectivity index (χ0n) is 30.0. The SMILES string of the molecule is COc1ccc(-c2cc3c(cc2OC)Cc2cc(-c4ccc(OC)cc4)c(OC)cc2Cc2cc(-c4ccc(OC)cc4)c(OC)cc2C3)cc1. The molecule has 0 atom stereocenters. The third-order valence-corrected chi connectivity index (χ3v) is 9.91. The van der Waals surface area contributed by atoms with Crippen LogP contribution in [0.25, 0.3) is 33.4 Å². The molecule has 6 heteroatoms. The predicted molar refractivity (Wildman–Crippen MR) is 203 cm³/mol. The monoisotopic (exact) mass is 678 g/mol. The molecule has 1 aliphatic carbocycles. The van der Waals surface area contributed by atoms with Gasteiger partial charge in [0.1, 0.15) is 34.5 Å². The Labute approximate surface area is 300 Å².